The minimum Gasteiger partial charge on any atom is -0.352 e. The van der Waals surface area contributed by atoms with Crippen LogP contribution in [0.25, 0.3) is 10.2 Å². The van der Waals surface area contributed by atoms with E-state index < -0.39 is 0 Å². The van der Waals surface area contributed by atoms with Crippen molar-refractivity contribution in [3.05, 3.63) is 53.6 Å². The van der Waals surface area contributed by atoms with Crippen LogP contribution in [0.1, 0.15) is 22.8 Å². The second-order valence-electron chi connectivity index (χ2n) is 5.67. The number of hydrogen-bond acceptors (Lipinski definition) is 5. The largest absolute Gasteiger partial charge is 0.352 e. The fourth-order valence-electron chi connectivity index (χ4n) is 2.39. The first-order valence-electron chi connectivity index (χ1n) is 8.24. The fourth-order valence-corrected chi connectivity index (χ4v) is 4.26. The molecule has 0 atom stereocenters. The van der Waals surface area contributed by atoms with Crippen molar-refractivity contribution < 1.29 is 9.59 Å². The fraction of sp³-hybridized carbons (Fsp3) is 0.211. The minimum atomic E-state index is -0.146. The smallest absolute Gasteiger partial charge is 0.251 e. The minimum absolute atomic E-state index is 0.120. The lowest BCUT2D eigenvalue weighted by atomic mass is 10.1. The molecule has 1 heterocycles. The normalized spacial score (nSPS) is 10.7. The van der Waals surface area contributed by atoms with Gasteiger partial charge in [-0.15, -0.1) is 11.3 Å². The van der Waals surface area contributed by atoms with Crippen molar-refractivity contribution in [3.63, 3.8) is 0 Å². The van der Waals surface area contributed by atoms with Gasteiger partial charge in [0, 0.05) is 17.8 Å². The number of rotatable bonds is 6. The number of nitrogens with zero attached hydrogens (tertiary/aromatic N) is 1. The predicted octanol–water partition coefficient (Wildman–Crippen LogP) is 4.09. The predicted molar refractivity (Wildman–Crippen MR) is 108 cm³/mol. The summed E-state index contributed by atoms with van der Waals surface area (Å²) in [5, 5.41) is 5.65. The van der Waals surface area contributed by atoms with Crippen LogP contribution in [0.4, 0.5) is 5.69 Å². The maximum absolute atomic E-state index is 12.3. The van der Waals surface area contributed by atoms with Gasteiger partial charge in [0.05, 0.1) is 16.0 Å². The summed E-state index contributed by atoms with van der Waals surface area (Å²) >= 11 is 2.99. The Labute approximate surface area is 160 Å². The van der Waals surface area contributed by atoms with Crippen LogP contribution in [-0.2, 0) is 4.79 Å². The topological polar surface area (TPSA) is 71.1 Å². The van der Waals surface area contributed by atoms with Gasteiger partial charge in [0.1, 0.15) is 0 Å². The molecule has 0 aliphatic rings. The molecule has 3 rings (SSSR count). The summed E-state index contributed by atoms with van der Waals surface area (Å²) in [4.78, 5) is 28.8. The second kappa shape index (κ2) is 8.33. The summed E-state index contributed by atoms with van der Waals surface area (Å²) in [7, 11) is 0. The lowest BCUT2D eigenvalue weighted by Crippen LogP contribution is -2.23. The van der Waals surface area contributed by atoms with Crippen LogP contribution in [0.3, 0.4) is 0 Å². The number of carbonyl (C=O) groups excluding carboxylic acids is 2. The van der Waals surface area contributed by atoms with Crippen LogP contribution in [0.5, 0.6) is 0 Å². The number of aromatic nitrogens is 1. The first-order chi connectivity index (χ1) is 12.6. The molecule has 0 aliphatic heterocycles. The number of anilines is 1. The van der Waals surface area contributed by atoms with Gasteiger partial charge < -0.3 is 10.6 Å². The van der Waals surface area contributed by atoms with Crippen molar-refractivity contribution in [2.45, 2.75) is 18.2 Å². The van der Waals surface area contributed by atoms with Gasteiger partial charge in [0.15, 0.2) is 4.34 Å². The van der Waals surface area contributed by atoms with Crippen LogP contribution >= 0.6 is 23.1 Å². The molecule has 0 fully saturated rings. The number of benzene rings is 2. The number of hydrogen-bond donors (Lipinski definition) is 2. The molecule has 2 amide bonds. The Balaban J connectivity index is 1.64. The second-order valence-corrected chi connectivity index (χ2v) is 7.93. The number of thioether (sulfide) groups is 1. The molecule has 3 aromatic rings. The third-order valence-corrected chi connectivity index (χ3v) is 5.89. The molecule has 0 radical (unpaired) electrons. The van der Waals surface area contributed by atoms with Gasteiger partial charge in [-0.05, 0) is 43.7 Å². The summed E-state index contributed by atoms with van der Waals surface area (Å²) in [5.41, 5.74) is 3.05. The quantitative estimate of drug-likeness (QED) is 0.627. The zero-order chi connectivity index (χ0) is 18.5. The molecule has 5 nitrogen and oxygen atoms in total. The highest BCUT2D eigenvalue weighted by Crippen LogP contribution is 2.29. The Kier molecular flexibility index (Phi) is 5.90. The third-order valence-electron chi connectivity index (χ3n) is 3.71. The Morgan fingerprint density at radius 1 is 1.19 bits per heavy atom. The Bertz CT molecular complexity index is 920. The number of thiazole rings is 1. The van der Waals surface area contributed by atoms with Gasteiger partial charge >= 0.3 is 0 Å². The van der Waals surface area contributed by atoms with Crippen LogP contribution in [-0.4, -0.2) is 29.1 Å². The number of para-hydroxylation sites is 1. The molecule has 0 saturated carbocycles. The van der Waals surface area contributed by atoms with E-state index in [0.29, 0.717) is 17.8 Å². The molecule has 0 unspecified atom stereocenters. The molecule has 2 N–H and O–H groups in total. The van der Waals surface area contributed by atoms with Crippen LogP contribution in [0.2, 0.25) is 0 Å². The van der Waals surface area contributed by atoms with E-state index in [1.54, 1.807) is 23.5 Å². The molecule has 0 spiro atoms. The zero-order valence-corrected chi connectivity index (χ0v) is 16.2. The first-order valence-corrected chi connectivity index (χ1v) is 10.0. The number of carbonyl (C=O) groups is 2. The van der Waals surface area contributed by atoms with E-state index >= 15 is 0 Å². The van der Waals surface area contributed by atoms with Crippen molar-refractivity contribution in [1.29, 1.82) is 0 Å². The number of aryl methyl sites for hydroxylation is 1. The molecule has 0 saturated heterocycles. The Hall–Kier alpha value is -2.38. The molecule has 0 bridgehead atoms. The molecule has 1 aromatic heterocycles. The van der Waals surface area contributed by atoms with E-state index in [1.165, 1.54) is 11.8 Å². The van der Waals surface area contributed by atoms with Crippen LogP contribution in [0, 0.1) is 6.92 Å². The van der Waals surface area contributed by atoms with E-state index in [2.05, 4.69) is 15.6 Å². The van der Waals surface area contributed by atoms with E-state index in [-0.39, 0.29) is 17.6 Å². The van der Waals surface area contributed by atoms with Gasteiger partial charge in [0.25, 0.3) is 5.91 Å². The Morgan fingerprint density at radius 2 is 2.00 bits per heavy atom. The summed E-state index contributed by atoms with van der Waals surface area (Å²) in [6.45, 7) is 4.33. The molecule has 7 heteroatoms. The summed E-state index contributed by atoms with van der Waals surface area (Å²) in [6.07, 6.45) is 0. The van der Waals surface area contributed by atoms with E-state index in [0.717, 1.165) is 20.1 Å². The van der Waals surface area contributed by atoms with Crippen molar-refractivity contribution in [3.8, 4) is 0 Å². The highest BCUT2D eigenvalue weighted by molar-refractivity contribution is 8.01. The summed E-state index contributed by atoms with van der Waals surface area (Å²) in [5.74, 6) is 0.00207. The standard InChI is InChI=1S/C19H19N3O2S2/c1-3-20-18(24)13-9-8-12(2)15(10-13)21-17(23)11-25-19-22-14-6-4-5-7-16(14)26-19/h4-10H,3,11H2,1-2H3,(H,20,24)(H,21,23). The first kappa shape index (κ1) is 18.4. The number of amides is 2. The van der Waals surface area contributed by atoms with Gasteiger partial charge in [-0.25, -0.2) is 4.98 Å². The lowest BCUT2D eigenvalue weighted by molar-refractivity contribution is -0.113. The molecule has 26 heavy (non-hydrogen) atoms. The summed E-state index contributed by atoms with van der Waals surface area (Å²) in [6, 6.07) is 13.2. The van der Waals surface area contributed by atoms with Crippen molar-refractivity contribution >= 4 is 50.8 Å². The van der Waals surface area contributed by atoms with Crippen molar-refractivity contribution in [1.82, 2.24) is 10.3 Å². The maximum Gasteiger partial charge on any atom is 0.251 e. The monoisotopic (exact) mass is 385 g/mol. The van der Waals surface area contributed by atoms with Crippen molar-refractivity contribution in [2.75, 3.05) is 17.6 Å². The number of fused-ring (bicyclic) bond motifs is 1. The molecular formula is C19H19N3O2S2. The SMILES string of the molecule is CCNC(=O)c1ccc(C)c(NC(=O)CSc2nc3ccccc3s2)c1. The molecular weight excluding hydrogens is 366 g/mol. The van der Waals surface area contributed by atoms with E-state index in [1.807, 2.05) is 44.2 Å². The van der Waals surface area contributed by atoms with Gasteiger partial charge in [-0.1, -0.05) is 30.0 Å². The highest BCUT2D eigenvalue weighted by atomic mass is 32.2. The van der Waals surface area contributed by atoms with E-state index in [9.17, 15) is 9.59 Å². The average molecular weight is 386 g/mol. The molecule has 134 valence electrons. The van der Waals surface area contributed by atoms with E-state index in [4.69, 9.17) is 0 Å². The molecule has 0 aliphatic carbocycles. The van der Waals surface area contributed by atoms with Gasteiger partial charge in [-0.2, -0.15) is 0 Å². The van der Waals surface area contributed by atoms with Gasteiger partial charge in [-0.3, -0.25) is 9.59 Å². The lowest BCUT2D eigenvalue weighted by Gasteiger charge is -2.10. The third kappa shape index (κ3) is 4.42. The molecule has 2 aromatic carbocycles. The highest BCUT2D eigenvalue weighted by Gasteiger charge is 2.11. The summed E-state index contributed by atoms with van der Waals surface area (Å²) < 4.78 is 1.98. The van der Waals surface area contributed by atoms with Crippen LogP contribution < -0.4 is 10.6 Å². The maximum atomic E-state index is 12.3. The number of nitrogens with one attached hydrogen (secondary N) is 2. The zero-order valence-electron chi connectivity index (χ0n) is 14.5. The van der Waals surface area contributed by atoms with Gasteiger partial charge in [0.2, 0.25) is 5.91 Å². The van der Waals surface area contributed by atoms with Crippen molar-refractivity contribution in [2.24, 2.45) is 0 Å². The average Bonchev–Trinajstić information content (AvgIpc) is 3.05. The van der Waals surface area contributed by atoms with Crippen LogP contribution in [0.15, 0.2) is 46.8 Å². The Morgan fingerprint density at radius 3 is 2.77 bits per heavy atom.